The van der Waals surface area contributed by atoms with Gasteiger partial charge in [-0.05, 0) is 46.1 Å². The molecular formula is C20H26N2O4. The van der Waals surface area contributed by atoms with Gasteiger partial charge in [-0.3, -0.25) is 9.69 Å². The van der Waals surface area contributed by atoms with E-state index in [0.29, 0.717) is 12.3 Å². The summed E-state index contributed by atoms with van der Waals surface area (Å²) in [5, 5.41) is 2.90. The highest BCUT2D eigenvalue weighted by Crippen LogP contribution is 2.41. The van der Waals surface area contributed by atoms with E-state index in [1.165, 1.54) is 0 Å². The Morgan fingerprint density at radius 1 is 1.31 bits per heavy atom. The van der Waals surface area contributed by atoms with Gasteiger partial charge in [-0.25, -0.2) is 0 Å². The fraction of sp³-hybridized carbons (Fsp3) is 0.450. The van der Waals surface area contributed by atoms with Gasteiger partial charge >= 0.3 is 0 Å². The first-order chi connectivity index (χ1) is 12.4. The van der Waals surface area contributed by atoms with Crippen LogP contribution in [0.5, 0.6) is 11.5 Å². The summed E-state index contributed by atoms with van der Waals surface area (Å²) < 4.78 is 17.1. The van der Waals surface area contributed by atoms with E-state index in [2.05, 4.69) is 5.32 Å². The number of rotatable bonds is 7. The van der Waals surface area contributed by atoms with Crippen molar-refractivity contribution in [2.24, 2.45) is 0 Å². The maximum Gasteiger partial charge on any atom is 0.258 e. The van der Waals surface area contributed by atoms with Crippen molar-refractivity contribution in [1.82, 2.24) is 10.2 Å². The summed E-state index contributed by atoms with van der Waals surface area (Å²) in [6, 6.07) is 9.50. The van der Waals surface area contributed by atoms with E-state index in [1.54, 1.807) is 6.26 Å². The van der Waals surface area contributed by atoms with Gasteiger partial charge in [-0.1, -0.05) is 12.1 Å². The van der Waals surface area contributed by atoms with Crippen molar-refractivity contribution >= 4 is 5.91 Å². The molecule has 0 aliphatic carbocycles. The normalized spacial score (nSPS) is 16.0. The largest absolute Gasteiger partial charge is 0.483 e. The van der Waals surface area contributed by atoms with Gasteiger partial charge in [-0.15, -0.1) is 0 Å². The van der Waals surface area contributed by atoms with Crippen molar-refractivity contribution in [2.75, 3.05) is 27.2 Å². The molecule has 1 atom stereocenters. The van der Waals surface area contributed by atoms with Crippen LogP contribution in [0.3, 0.4) is 0 Å². The molecule has 1 aliphatic rings. The maximum absolute atomic E-state index is 12.2. The highest BCUT2D eigenvalue weighted by Gasteiger charge is 2.32. The molecule has 0 radical (unpaired) electrons. The fourth-order valence-electron chi connectivity index (χ4n) is 3.12. The number of ether oxygens (including phenoxy) is 2. The lowest BCUT2D eigenvalue weighted by Crippen LogP contribution is -2.36. The standard InChI is InChI=1S/C20H26N2O4/c1-20(2)11-14-7-5-8-17(19(14)26-20)25-13-18(23)21-12-15(22(3)4)16-9-6-10-24-16/h5-10,15H,11-13H2,1-4H3,(H,21,23). The fourth-order valence-corrected chi connectivity index (χ4v) is 3.12. The summed E-state index contributed by atoms with van der Waals surface area (Å²) in [4.78, 5) is 14.2. The minimum Gasteiger partial charge on any atom is -0.483 e. The summed E-state index contributed by atoms with van der Waals surface area (Å²) in [6.07, 6.45) is 2.47. The van der Waals surface area contributed by atoms with E-state index in [9.17, 15) is 4.79 Å². The zero-order chi connectivity index (χ0) is 18.7. The molecule has 2 heterocycles. The first-order valence-corrected chi connectivity index (χ1v) is 8.76. The second kappa shape index (κ2) is 7.41. The van der Waals surface area contributed by atoms with Crippen molar-refractivity contribution in [3.8, 4) is 11.5 Å². The minimum atomic E-state index is -0.244. The van der Waals surface area contributed by atoms with Gasteiger partial charge in [0.15, 0.2) is 18.1 Å². The summed E-state index contributed by atoms with van der Waals surface area (Å²) >= 11 is 0. The molecule has 1 amide bonds. The third-order valence-electron chi connectivity index (χ3n) is 4.40. The molecule has 3 rings (SSSR count). The molecule has 1 aromatic carbocycles. The Morgan fingerprint density at radius 2 is 2.12 bits per heavy atom. The van der Waals surface area contributed by atoms with Gasteiger partial charge in [0.05, 0.1) is 12.3 Å². The highest BCUT2D eigenvalue weighted by molar-refractivity contribution is 5.77. The second-order valence-corrected chi connectivity index (χ2v) is 7.37. The summed E-state index contributed by atoms with van der Waals surface area (Å²) in [5.41, 5.74) is 0.866. The van der Waals surface area contributed by atoms with Crippen LogP contribution >= 0.6 is 0 Å². The van der Waals surface area contributed by atoms with Gasteiger partial charge in [0.1, 0.15) is 11.4 Å². The first kappa shape index (κ1) is 18.3. The molecule has 140 valence electrons. The van der Waals surface area contributed by atoms with Crippen LogP contribution < -0.4 is 14.8 Å². The Morgan fingerprint density at radius 3 is 2.81 bits per heavy atom. The molecule has 0 saturated heterocycles. The number of hydrogen-bond donors (Lipinski definition) is 1. The predicted octanol–water partition coefficient (Wildman–Crippen LogP) is 2.79. The maximum atomic E-state index is 12.2. The summed E-state index contributed by atoms with van der Waals surface area (Å²) in [7, 11) is 3.89. The van der Waals surface area contributed by atoms with Gasteiger partial charge in [-0.2, -0.15) is 0 Å². The lowest BCUT2D eigenvalue weighted by Gasteiger charge is -2.22. The molecule has 1 unspecified atom stereocenters. The third-order valence-corrected chi connectivity index (χ3v) is 4.40. The second-order valence-electron chi connectivity index (χ2n) is 7.37. The number of benzene rings is 1. The SMILES string of the molecule is CN(C)C(CNC(=O)COc1cccc2c1OC(C)(C)C2)c1ccco1. The van der Waals surface area contributed by atoms with E-state index in [0.717, 1.165) is 23.5 Å². The number of nitrogens with zero attached hydrogens (tertiary/aromatic N) is 1. The van der Waals surface area contributed by atoms with Crippen LogP contribution in [0.1, 0.15) is 31.2 Å². The van der Waals surface area contributed by atoms with Crippen LogP contribution in [0.4, 0.5) is 0 Å². The van der Waals surface area contributed by atoms with Crippen LogP contribution in [-0.4, -0.2) is 43.7 Å². The topological polar surface area (TPSA) is 63.9 Å². The van der Waals surface area contributed by atoms with Crippen molar-refractivity contribution in [2.45, 2.75) is 31.9 Å². The number of fused-ring (bicyclic) bond motifs is 1. The number of para-hydroxylation sites is 1. The average Bonchev–Trinajstić information content (AvgIpc) is 3.19. The zero-order valence-corrected chi connectivity index (χ0v) is 15.7. The van der Waals surface area contributed by atoms with Crippen LogP contribution in [0.25, 0.3) is 0 Å². The quantitative estimate of drug-likeness (QED) is 0.825. The van der Waals surface area contributed by atoms with Crippen LogP contribution in [0.2, 0.25) is 0 Å². The van der Waals surface area contributed by atoms with E-state index < -0.39 is 0 Å². The van der Waals surface area contributed by atoms with Crippen LogP contribution in [0.15, 0.2) is 41.0 Å². The van der Waals surface area contributed by atoms with E-state index in [1.807, 2.05) is 63.2 Å². The number of amides is 1. The summed E-state index contributed by atoms with van der Waals surface area (Å²) in [6.45, 7) is 4.47. The molecule has 0 bridgehead atoms. The Hall–Kier alpha value is -2.47. The Bertz CT molecular complexity index is 753. The van der Waals surface area contributed by atoms with Gasteiger partial charge in [0, 0.05) is 18.5 Å². The smallest absolute Gasteiger partial charge is 0.258 e. The Balaban J connectivity index is 1.55. The van der Waals surface area contributed by atoms with Crippen molar-refractivity contribution in [1.29, 1.82) is 0 Å². The molecule has 1 aliphatic heterocycles. The number of likely N-dealkylation sites (N-methyl/N-ethyl adjacent to an activating group) is 1. The van der Waals surface area contributed by atoms with E-state index in [4.69, 9.17) is 13.9 Å². The molecule has 6 nitrogen and oxygen atoms in total. The van der Waals surface area contributed by atoms with Crippen LogP contribution in [-0.2, 0) is 11.2 Å². The highest BCUT2D eigenvalue weighted by atomic mass is 16.5. The zero-order valence-electron chi connectivity index (χ0n) is 15.7. The lowest BCUT2D eigenvalue weighted by atomic mass is 10.0. The number of hydrogen-bond acceptors (Lipinski definition) is 5. The molecule has 1 N–H and O–H groups in total. The van der Waals surface area contributed by atoms with Crippen LogP contribution in [0, 0.1) is 0 Å². The molecule has 6 heteroatoms. The summed E-state index contributed by atoms with van der Waals surface area (Å²) in [5.74, 6) is 1.98. The predicted molar refractivity (Wildman–Crippen MR) is 98.5 cm³/mol. The van der Waals surface area contributed by atoms with Crippen molar-refractivity contribution < 1.29 is 18.7 Å². The molecule has 1 aromatic heterocycles. The minimum absolute atomic E-state index is 0.0287. The monoisotopic (exact) mass is 358 g/mol. The lowest BCUT2D eigenvalue weighted by molar-refractivity contribution is -0.123. The Labute approximate surface area is 154 Å². The molecule has 26 heavy (non-hydrogen) atoms. The van der Waals surface area contributed by atoms with Crippen molar-refractivity contribution in [3.05, 3.63) is 47.9 Å². The molecule has 0 fully saturated rings. The van der Waals surface area contributed by atoms with Gasteiger partial charge in [0.2, 0.25) is 0 Å². The Kier molecular flexibility index (Phi) is 5.23. The molecular weight excluding hydrogens is 332 g/mol. The number of carbonyl (C=O) groups is 1. The third kappa shape index (κ3) is 4.19. The number of furan rings is 1. The molecule has 2 aromatic rings. The van der Waals surface area contributed by atoms with Gasteiger partial charge in [0.25, 0.3) is 5.91 Å². The first-order valence-electron chi connectivity index (χ1n) is 8.76. The van der Waals surface area contributed by atoms with E-state index >= 15 is 0 Å². The van der Waals surface area contributed by atoms with Gasteiger partial charge < -0.3 is 19.2 Å². The molecule has 0 saturated carbocycles. The average molecular weight is 358 g/mol. The number of nitrogens with one attached hydrogen (secondary N) is 1. The number of carbonyl (C=O) groups excluding carboxylic acids is 1. The molecule has 0 spiro atoms. The van der Waals surface area contributed by atoms with E-state index in [-0.39, 0.29) is 24.2 Å². The van der Waals surface area contributed by atoms with Crippen molar-refractivity contribution in [3.63, 3.8) is 0 Å².